The molecule has 1 N–H and O–H groups in total. The van der Waals surface area contributed by atoms with E-state index in [4.69, 9.17) is 5.21 Å². The Morgan fingerprint density at radius 3 is 2.27 bits per heavy atom. The van der Waals surface area contributed by atoms with Gasteiger partial charge in [-0.05, 0) is 38.1 Å². The molecule has 22 heavy (non-hydrogen) atoms. The van der Waals surface area contributed by atoms with Crippen molar-refractivity contribution >= 4 is 22.6 Å². The number of halogens is 2. The molecule has 0 atom stereocenters. The number of carbonyl (C=O) groups is 1. The maximum atomic E-state index is 12.8. The number of carbonyl (C=O) groups excluding carboxylic acids is 1. The third kappa shape index (κ3) is 5.94. The SMILES string of the molecule is CC[N+](C)(CC)CCS/C(=N\O)C(=O)c1ccc(F)cc1.[Cl-]. The lowest BCUT2D eigenvalue weighted by Gasteiger charge is -2.31. The molecule has 0 spiro atoms. The van der Waals surface area contributed by atoms with E-state index in [1.54, 1.807) is 0 Å². The zero-order valence-corrected chi connectivity index (χ0v) is 14.6. The average molecular weight is 349 g/mol. The van der Waals surface area contributed by atoms with Gasteiger partial charge in [0.2, 0.25) is 5.78 Å². The maximum absolute atomic E-state index is 12.8. The smallest absolute Gasteiger partial charge is 0.221 e. The highest BCUT2D eigenvalue weighted by Crippen LogP contribution is 2.14. The Bertz CT molecular complexity index is 505. The predicted molar refractivity (Wildman–Crippen MR) is 84.5 cm³/mol. The van der Waals surface area contributed by atoms with Gasteiger partial charge >= 0.3 is 0 Å². The third-order valence-corrected chi connectivity index (χ3v) is 4.72. The van der Waals surface area contributed by atoms with Crippen molar-refractivity contribution in [2.75, 3.05) is 32.4 Å². The van der Waals surface area contributed by atoms with Crippen LogP contribution in [0.15, 0.2) is 29.4 Å². The van der Waals surface area contributed by atoms with Gasteiger partial charge in [-0.2, -0.15) is 0 Å². The van der Waals surface area contributed by atoms with Crippen molar-refractivity contribution in [3.05, 3.63) is 35.6 Å². The fraction of sp³-hybridized carbons (Fsp3) is 0.467. The summed E-state index contributed by atoms with van der Waals surface area (Å²) >= 11 is 1.23. The van der Waals surface area contributed by atoms with Crippen LogP contribution >= 0.6 is 11.8 Å². The second-order valence-corrected chi connectivity index (χ2v) is 6.15. The summed E-state index contributed by atoms with van der Waals surface area (Å²) in [6, 6.07) is 5.22. The highest BCUT2D eigenvalue weighted by molar-refractivity contribution is 8.15. The molecule has 0 radical (unpaired) electrons. The van der Waals surface area contributed by atoms with E-state index in [0.717, 1.165) is 24.1 Å². The van der Waals surface area contributed by atoms with Gasteiger partial charge in [0.15, 0.2) is 5.04 Å². The van der Waals surface area contributed by atoms with Crippen LogP contribution in [-0.2, 0) is 0 Å². The van der Waals surface area contributed by atoms with E-state index in [2.05, 4.69) is 26.1 Å². The van der Waals surface area contributed by atoms with Crippen LogP contribution in [0.4, 0.5) is 4.39 Å². The quantitative estimate of drug-likeness (QED) is 0.189. The molecule has 7 heteroatoms. The minimum Gasteiger partial charge on any atom is -1.00 e. The highest BCUT2D eigenvalue weighted by atomic mass is 35.5. The van der Waals surface area contributed by atoms with Crippen molar-refractivity contribution < 1.29 is 31.3 Å². The Kier molecular flexibility index (Phi) is 9.32. The van der Waals surface area contributed by atoms with Gasteiger partial charge in [0.25, 0.3) is 0 Å². The van der Waals surface area contributed by atoms with E-state index in [9.17, 15) is 9.18 Å². The van der Waals surface area contributed by atoms with Crippen molar-refractivity contribution in [1.82, 2.24) is 0 Å². The molecule has 124 valence electrons. The molecule has 1 aromatic rings. The molecule has 0 fully saturated rings. The van der Waals surface area contributed by atoms with Gasteiger partial charge in [-0.15, -0.1) is 0 Å². The van der Waals surface area contributed by atoms with Gasteiger partial charge in [-0.25, -0.2) is 4.39 Å². The van der Waals surface area contributed by atoms with E-state index >= 15 is 0 Å². The molecule has 0 aromatic heterocycles. The Morgan fingerprint density at radius 2 is 1.82 bits per heavy atom. The Hall–Kier alpha value is -1.11. The zero-order valence-electron chi connectivity index (χ0n) is 13.1. The fourth-order valence-corrected chi connectivity index (χ4v) is 2.80. The van der Waals surface area contributed by atoms with Crippen LogP contribution in [0.5, 0.6) is 0 Å². The Morgan fingerprint density at radius 1 is 1.27 bits per heavy atom. The van der Waals surface area contributed by atoms with E-state index in [0.29, 0.717) is 11.3 Å². The molecular formula is C15H22ClFN2O2S. The fourth-order valence-electron chi connectivity index (χ4n) is 1.77. The Labute approximate surface area is 141 Å². The van der Waals surface area contributed by atoms with Gasteiger partial charge in [-0.3, -0.25) is 4.79 Å². The standard InChI is InChI=1S/C15H21FN2O2S.ClH/c1-4-18(3,5-2)10-11-21-15(17-20)14(19)12-6-8-13(16)9-7-12;/h6-9H,4-5,10-11H2,1-3H3;1H. The number of hydrogen-bond donors (Lipinski definition) is 1. The number of quaternary nitrogens is 1. The molecule has 1 aromatic carbocycles. The minimum absolute atomic E-state index is 0. The summed E-state index contributed by atoms with van der Waals surface area (Å²) in [6.45, 7) is 7.15. The molecule has 0 saturated carbocycles. The number of benzene rings is 1. The number of hydrogen-bond acceptors (Lipinski definition) is 4. The van der Waals surface area contributed by atoms with Crippen LogP contribution in [0.2, 0.25) is 0 Å². The van der Waals surface area contributed by atoms with Crippen molar-refractivity contribution in [3.63, 3.8) is 0 Å². The van der Waals surface area contributed by atoms with E-state index in [1.807, 2.05) is 0 Å². The molecule has 0 aliphatic heterocycles. The highest BCUT2D eigenvalue weighted by Gasteiger charge is 2.20. The monoisotopic (exact) mass is 348 g/mol. The third-order valence-electron chi connectivity index (χ3n) is 3.79. The summed E-state index contributed by atoms with van der Waals surface area (Å²) in [4.78, 5) is 12.1. The first kappa shape index (κ1) is 20.9. The largest absolute Gasteiger partial charge is 1.00 e. The first-order chi connectivity index (χ1) is 9.95. The van der Waals surface area contributed by atoms with Crippen LogP contribution in [0.3, 0.4) is 0 Å². The van der Waals surface area contributed by atoms with Crippen molar-refractivity contribution in [2.24, 2.45) is 5.16 Å². The maximum Gasteiger partial charge on any atom is 0.221 e. The Balaban J connectivity index is 0.00000441. The van der Waals surface area contributed by atoms with Crippen molar-refractivity contribution in [1.29, 1.82) is 0 Å². The van der Waals surface area contributed by atoms with Crippen molar-refractivity contribution in [2.45, 2.75) is 13.8 Å². The first-order valence-electron chi connectivity index (χ1n) is 6.94. The van der Waals surface area contributed by atoms with Crippen LogP contribution in [0, 0.1) is 5.82 Å². The summed E-state index contributed by atoms with van der Waals surface area (Å²) in [5.74, 6) is -0.102. The number of ketones is 1. The lowest BCUT2D eigenvalue weighted by atomic mass is 10.1. The van der Waals surface area contributed by atoms with Gasteiger partial charge < -0.3 is 22.1 Å². The average Bonchev–Trinajstić information content (AvgIpc) is 2.51. The van der Waals surface area contributed by atoms with Crippen LogP contribution in [0.25, 0.3) is 0 Å². The lowest BCUT2D eigenvalue weighted by molar-refractivity contribution is -0.903. The van der Waals surface area contributed by atoms with Crippen molar-refractivity contribution in [3.8, 4) is 0 Å². The molecule has 0 bridgehead atoms. The molecule has 1 rings (SSSR count). The molecule has 0 saturated heterocycles. The predicted octanol–water partition coefficient (Wildman–Crippen LogP) is 0.0197. The molecule has 0 amide bonds. The number of Topliss-reactive ketones (excluding diaryl/α,β-unsaturated/α-hetero) is 1. The minimum atomic E-state index is -0.402. The van der Waals surface area contributed by atoms with Crippen LogP contribution in [0.1, 0.15) is 24.2 Å². The van der Waals surface area contributed by atoms with Gasteiger partial charge in [0.1, 0.15) is 5.82 Å². The molecule has 0 unspecified atom stereocenters. The van der Waals surface area contributed by atoms with E-state index in [1.165, 1.54) is 36.0 Å². The second kappa shape index (κ2) is 9.82. The van der Waals surface area contributed by atoms with E-state index < -0.39 is 5.82 Å². The normalized spacial score (nSPS) is 11.9. The number of rotatable bonds is 7. The van der Waals surface area contributed by atoms with Gasteiger partial charge in [0, 0.05) is 11.3 Å². The topological polar surface area (TPSA) is 49.7 Å². The first-order valence-corrected chi connectivity index (χ1v) is 7.93. The molecule has 0 aliphatic carbocycles. The van der Waals surface area contributed by atoms with Crippen LogP contribution < -0.4 is 12.4 Å². The molecule has 4 nitrogen and oxygen atoms in total. The van der Waals surface area contributed by atoms with Crippen LogP contribution in [-0.4, -0.2) is 53.0 Å². The summed E-state index contributed by atoms with van der Waals surface area (Å²) in [5, 5.41) is 12.2. The number of nitrogens with zero attached hydrogens (tertiary/aromatic N) is 2. The van der Waals surface area contributed by atoms with Gasteiger partial charge in [0.05, 0.1) is 26.7 Å². The number of oxime groups is 1. The molecule has 0 heterocycles. The van der Waals surface area contributed by atoms with Gasteiger partial charge in [-0.1, -0.05) is 16.9 Å². The number of thioether (sulfide) groups is 1. The second-order valence-electron chi connectivity index (χ2n) is 5.07. The zero-order chi connectivity index (χ0) is 15.9. The molecular weight excluding hydrogens is 327 g/mol. The molecule has 0 aliphatic rings. The summed E-state index contributed by atoms with van der Waals surface area (Å²) in [5.41, 5.74) is 0.319. The lowest BCUT2D eigenvalue weighted by Crippen LogP contribution is -3.00. The van der Waals surface area contributed by atoms with E-state index in [-0.39, 0.29) is 23.2 Å². The summed E-state index contributed by atoms with van der Waals surface area (Å²) in [7, 11) is 2.15. The summed E-state index contributed by atoms with van der Waals surface area (Å²) in [6.07, 6.45) is 0. The summed E-state index contributed by atoms with van der Waals surface area (Å²) < 4.78 is 13.7.